The number of benzene rings is 2. The van der Waals surface area contributed by atoms with Crippen molar-refractivity contribution in [3.63, 3.8) is 0 Å². The molecule has 4 rings (SSSR count). The van der Waals surface area contributed by atoms with E-state index < -0.39 is 6.29 Å². The molecule has 2 aliphatic heterocycles. The summed E-state index contributed by atoms with van der Waals surface area (Å²) in [5, 5.41) is 10.1. The second-order valence-electron chi connectivity index (χ2n) is 6.69. The molecule has 0 radical (unpaired) electrons. The summed E-state index contributed by atoms with van der Waals surface area (Å²) in [6.45, 7) is 2.98. The zero-order chi connectivity index (χ0) is 15.7. The lowest BCUT2D eigenvalue weighted by Crippen LogP contribution is -2.48. The van der Waals surface area contributed by atoms with Crippen LogP contribution in [0.5, 0.6) is 0 Å². The fourth-order valence-corrected chi connectivity index (χ4v) is 4.00. The van der Waals surface area contributed by atoms with Gasteiger partial charge < -0.3 is 9.84 Å². The summed E-state index contributed by atoms with van der Waals surface area (Å²) in [4.78, 5) is 2.48. The van der Waals surface area contributed by atoms with E-state index in [1.807, 2.05) is 0 Å². The van der Waals surface area contributed by atoms with Crippen molar-refractivity contribution in [3.8, 4) is 0 Å². The molecular formula is C20H23NO2. The van der Waals surface area contributed by atoms with Crippen LogP contribution in [0.3, 0.4) is 0 Å². The predicted octanol–water partition coefficient (Wildman–Crippen LogP) is 3.07. The number of aliphatic hydroxyl groups is 1. The highest BCUT2D eigenvalue weighted by Gasteiger charge is 2.43. The molecule has 0 bridgehead atoms. The van der Waals surface area contributed by atoms with Crippen molar-refractivity contribution >= 4 is 0 Å². The highest BCUT2D eigenvalue weighted by atomic mass is 16.6. The van der Waals surface area contributed by atoms with Crippen molar-refractivity contribution in [2.75, 3.05) is 13.1 Å². The lowest BCUT2D eigenvalue weighted by atomic mass is 9.79. The average molecular weight is 309 g/mol. The number of piperidine rings is 1. The van der Waals surface area contributed by atoms with Gasteiger partial charge >= 0.3 is 0 Å². The van der Waals surface area contributed by atoms with Gasteiger partial charge in [0.25, 0.3) is 0 Å². The van der Waals surface area contributed by atoms with Crippen LogP contribution in [-0.2, 0) is 23.3 Å². The van der Waals surface area contributed by atoms with E-state index in [1.54, 1.807) is 0 Å². The maximum Gasteiger partial charge on any atom is 0.159 e. The minimum atomic E-state index is -0.675. The van der Waals surface area contributed by atoms with Crippen LogP contribution in [0.4, 0.5) is 0 Å². The molecule has 1 atom stereocenters. The van der Waals surface area contributed by atoms with Crippen molar-refractivity contribution in [1.82, 2.24) is 4.90 Å². The van der Waals surface area contributed by atoms with Gasteiger partial charge in [0.05, 0.1) is 5.60 Å². The second kappa shape index (κ2) is 6.08. The number of hydrogen-bond donors (Lipinski definition) is 1. The minimum absolute atomic E-state index is 0.304. The fourth-order valence-electron chi connectivity index (χ4n) is 4.00. The Morgan fingerprint density at radius 1 is 1.00 bits per heavy atom. The summed E-state index contributed by atoms with van der Waals surface area (Å²) in [7, 11) is 0. The Bertz CT molecular complexity index is 662. The molecule has 3 heteroatoms. The van der Waals surface area contributed by atoms with Gasteiger partial charge in [-0.2, -0.15) is 0 Å². The molecule has 1 fully saturated rings. The van der Waals surface area contributed by atoms with Gasteiger partial charge in [-0.3, -0.25) is 4.90 Å². The number of nitrogens with zero attached hydrogens (tertiary/aromatic N) is 1. The minimum Gasteiger partial charge on any atom is -0.368 e. The van der Waals surface area contributed by atoms with E-state index in [2.05, 4.69) is 59.5 Å². The highest BCUT2D eigenvalue weighted by Crippen LogP contribution is 2.42. The molecule has 1 saturated heterocycles. The maximum atomic E-state index is 10.1. The maximum absolute atomic E-state index is 10.1. The molecule has 0 saturated carbocycles. The van der Waals surface area contributed by atoms with E-state index in [1.165, 1.54) is 16.7 Å². The Morgan fingerprint density at radius 3 is 2.48 bits per heavy atom. The zero-order valence-electron chi connectivity index (χ0n) is 13.3. The quantitative estimate of drug-likeness (QED) is 0.925. The summed E-state index contributed by atoms with van der Waals surface area (Å²) < 4.78 is 6.07. The topological polar surface area (TPSA) is 32.7 Å². The highest BCUT2D eigenvalue weighted by molar-refractivity contribution is 5.35. The van der Waals surface area contributed by atoms with Gasteiger partial charge in [0, 0.05) is 26.1 Å². The molecule has 0 unspecified atom stereocenters. The van der Waals surface area contributed by atoms with E-state index >= 15 is 0 Å². The van der Waals surface area contributed by atoms with Gasteiger partial charge in [0.2, 0.25) is 0 Å². The third kappa shape index (κ3) is 2.92. The largest absolute Gasteiger partial charge is 0.368 e. The lowest BCUT2D eigenvalue weighted by Gasteiger charge is -2.46. The van der Waals surface area contributed by atoms with Gasteiger partial charge in [0.1, 0.15) is 0 Å². The fraction of sp³-hybridized carbons (Fsp3) is 0.400. The van der Waals surface area contributed by atoms with Crippen molar-refractivity contribution < 1.29 is 9.84 Å². The molecule has 0 aliphatic carbocycles. The van der Waals surface area contributed by atoms with Gasteiger partial charge in [-0.1, -0.05) is 54.6 Å². The van der Waals surface area contributed by atoms with Crippen LogP contribution in [0.2, 0.25) is 0 Å². The van der Waals surface area contributed by atoms with Crippen LogP contribution in [0.25, 0.3) is 0 Å². The Kier molecular flexibility index (Phi) is 3.93. The summed E-state index contributed by atoms with van der Waals surface area (Å²) >= 11 is 0. The number of aliphatic hydroxyl groups excluding tert-OH is 1. The van der Waals surface area contributed by atoms with Gasteiger partial charge in [-0.05, 0) is 29.5 Å². The molecule has 23 heavy (non-hydrogen) atoms. The van der Waals surface area contributed by atoms with E-state index in [-0.39, 0.29) is 5.60 Å². The first-order valence-corrected chi connectivity index (χ1v) is 8.46. The smallest absolute Gasteiger partial charge is 0.159 e. The molecule has 3 nitrogen and oxygen atoms in total. The standard InChI is InChI=1S/C20H23NO2/c22-19-14-17-8-4-5-9-18(17)20(23-19)10-12-21(13-11-20)15-16-6-2-1-3-7-16/h1-9,19,22H,10-15H2/t19-/m0/s1. The molecule has 1 N–H and O–H groups in total. The first-order chi connectivity index (χ1) is 11.3. The molecule has 1 spiro atoms. The van der Waals surface area contributed by atoms with Crippen molar-refractivity contribution in [1.29, 1.82) is 0 Å². The zero-order valence-corrected chi connectivity index (χ0v) is 13.3. The Hall–Kier alpha value is -1.68. The average Bonchev–Trinajstić information content (AvgIpc) is 2.58. The van der Waals surface area contributed by atoms with Crippen LogP contribution in [0.1, 0.15) is 29.5 Å². The third-order valence-electron chi connectivity index (χ3n) is 5.18. The molecule has 120 valence electrons. The van der Waals surface area contributed by atoms with Crippen LogP contribution in [-0.4, -0.2) is 29.4 Å². The number of ether oxygens (including phenoxy) is 1. The van der Waals surface area contributed by atoms with Crippen LogP contribution >= 0.6 is 0 Å². The van der Waals surface area contributed by atoms with Crippen LogP contribution in [0.15, 0.2) is 54.6 Å². The molecular weight excluding hydrogens is 286 g/mol. The monoisotopic (exact) mass is 309 g/mol. The van der Waals surface area contributed by atoms with Gasteiger partial charge in [0.15, 0.2) is 6.29 Å². The Balaban J connectivity index is 1.50. The van der Waals surface area contributed by atoms with E-state index in [0.29, 0.717) is 6.42 Å². The van der Waals surface area contributed by atoms with Crippen molar-refractivity contribution in [2.45, 2.75) is 37.7 Å². The van der Waals surface area contributed by atoms with Crippen molar-refractivity contribution in [2.24, 2.45) is 0 Å². The SMILES string of the molecule is O[C@@H]1Cc2ccccc2C2(CCN(Cc3ccccc3)CC2)O1. The van der Waals surface area contributed by atoms with Crippen LogP contribution < -0.4 is 0 Å². The number of fused-ring (bicyclic) bond motifs is 2. The first-order valence-electron chi connectivity index (χ1n) is 8.46. The molecule has 2 aliphatic rings. The van der Waals surface area contributed by atoms with Gasteiger partial charge in [-0.25, -0.2) is 0 Å². The summed E-state index contributed by atoms with van der Waals surface area (Å²) in [5.74, 6) is 0. The summed E-state index contributed by atoms with van der Waals surface area (Å²) in [5.41, 5.74) is 3.57. The molecule has 2 heterocycles. The van der Waals surface area contributed by atoms with E-state index in [4.69, 9.17) is 4.74 Å². The summed E-state index contributed by atoms with van der Waals surface area (Å²) in [6.07, 6.45) is 1.80. The Morgan fingerprint density at radius 2 is 1.70 bits per heavy atom. The van der Waals surface area contributed by atoms with Gasteiger partial charge in [-0.15, -0.1) is 0 Å². The lowest BCUT2D eigenvalue weighted by molar-refractivity contribution is -0.215. The van der Waals surface area contributed by atoms with E-state index in [0.717, 1.165) is 32.5 Å². The summed E-state index contributed by atoms with van der Waals surface area (Å²) in [6, 6.07) is 19.0. The Labute approximate surface area is 137 Å². The molecule has 0 amide bonds. The third-order valence-corrected chi connectivity index (χ3v) is 5.18. The second-order valence-corrected chi connectivity index (χ2v) is 6.69. The van der Waals surface area contributed by atoms with Crippen LogP contribution in [0, 0.1) is 0 Å². The molecule has 0 aromatic heterocycles. The van der Waals surface area contributed by atoms with E-state index in [9.17, 15) is 5.11 Å². The predicted molar refractivity (Wildman–Crippen MR) is 89.9 cm³/mol. The first kappa shape index (κ1) is 14.9. The van der Waals surface area contributed by atoms with Crippen molar-refractivity contribution in [3.05, 3.63) is 71.3 Å². The number of hydrogen-bond acceptors (Lipinski definition) is 3. The molecule has 2 aromatic carbocycles. The number of likely N-dealkylation sites (tertiary alicyclic amines) is 1. The number of rotatable bonds is 2. The normalized spacial score (nSPS) is 23.6. The molecule has 2 aromatic rings.